The summed E-state index contributed by atoms with van der Waals surface area (Å²) >= 11 is 0. The minimum Gasteiger partial charge on any atom is -0.504 e. The van der Waals surface area contributed by atoms with E-state index in [0.29, 0.717) is 17.7 Å². The lowest BCUT2D eigenvalue weighted by Crippen LogP contribution is -2.69. The largest absolute Gasteiger partial charge is 0.504 e. The van der Waals surface area contributed by atoms with E-state index in [4.69, 9.17) is 14.2 Å². The van der Waals surface area contributed by atoms with Crippen LogP contribution in [0.3, 0.4) is 0 Å². The molecule has 1 saturated carbocycles. The second-order valence-electron chi connectivity index (χ2n) is 12.1. The van der Waals surface area contributed by atoms with E-state index in [1.54, 1.807) is 13.2 Å². The first kappa shape index (κ1) is 23.7. The number of phenolic OH excluding ortho intramolecular Hbond substituents is 1. The zero-order chi connectivity index (χ0) is 24.6. The molecule has 0 radical (unpaired) electrons. The van der Waals surface area contributed by atoms with E-state index in [2.05, 4.69) is 31.1 Å². The van der Waals surface area contributed by atoms with E-state index in [1.807, 2.05) is 20.8 Å². The Morgan fingerprint density at radius 2 is 2.06 bits per heavy atom. The second-order valence-corrected chi connectivity index (χ2v) is 12.1. The molecule has 188 valence electrons. The number of carbonyl (C=O) groups excluding carboxylic acids is 1. The van der Waals surface area contributed by atoms with E-state index >= 15 is 0 Å². The Kier molecular flexibility index (Phi) is 5.60. The molecule has 1 spiro atoms. The van der Waals surface area contributed by atoms with E-state index in [-0.39, 0.29) is 35.2 Å². The number of carbonyl (C=O) groups is 1. The van der Waals surface area contributed by atoms with E-state index < -0.39 is 11.6 Å². The van der Waals surface area contributed by atoms with Gasteiger partial charge in [0.05, 0.1) is 7.11 Å². The number of hydrogen-bond acceptors (Lipinski definition) is 7. The van der Waals surface area contributed by atoms with Crippen molar-refractivity contribution in [2.75, 3.05) is 20.7 Å². The Morgan fingerprint density at radius 3 is 2.71 bits per heavy atom. The summed E-state index contributed by atoms with van der Waals surface area (Å²) in [7, 11) is 3.90. The SMILES string of the molecule is COc1cc(O)c2c3c1C[C@@H]1[C@@H]4CC[C@H](N[C@H](C(=O)OC(C)(C)C)C(C)C)[C@H](O2)[C@]34CCN1C. The summed E-state index contributed by atoms with van der Waals surface area (Å²) in [6.07, 6.45) is 3.73. The van der Waals surface area contributed by atoms with Crippen LogP contribution in [-0.4, -0.2) is 66.5 Å². The van der Waals surface area contributed by atoms with Crippen LogP contribution in [0.15, 0.2) is 6.07 Å². The highest BCUT2D eigenvalue weighted by Gasteiger charge is 2.66. The lowest BCUT2D eigenvalue weighted by Gasteiger charge is -2.59. The van der Waals surface area contributed by atoms with Gasteiger partial charge in [-0.05, 0) is 71.9 Å². The molecule has 0 aromatic heterocycles. The first-order valence-electron chi connectivity index (χ1n) is 12.8. The third kappa shape index (κ3) is 3.41. The van der Waals surface area contributed by atoms with Gasteiger partial charge in [-0.1, -0.05) is 13.8 Å². The number of hydrogen-bond donors (Lipinski definition) is 2. The van der Waals surface area contributed by atoms with Crippen molar-refractivity contribution >= 4 is 5.97 Å². The number of aromatic hydroxyl groups is 1. The maximum absolute atomic E-state index is 13.1. The molecule has 2 heterocycles. The van der Waals surface area contributed by atoms with Gasteiger partial charge in [-0.15, -0.1) is 0 Å². The quantitative estimate of drug-likeness (QED) is 0.636. The van der Waals surface area contributed by atoms with Crippen molar-refractivity contribution in [3.8, 4) is 17.2 Å². The fourth-order valence-electron chi connectivity index (χ4n) is 7.27. The first-order chi connectivity index (χ1) is 16.0. The number of methoxy groups -OCH3 is 1. The summed E-state index contributed by atoms with van der Waals surface area (Å²) in [5.74, 6) is 1.85. The minimum absolute atomic E-state index is 0.0102. The molecule has 2 fully saturated rings. The number of likely N-dealkylation sites (tertiary alicyclic amines) is 1. The topological polar surface area (TPSA) is 80.3 Å². The van der Waals surface area contributed by atoms with Crippen LogP contribution in [0, 0.1) is 11.8 Å². The molecule has 5 rings (SSSR count). The van der Waals surface area contributed by atoms with Crippen molar-refractivity contribution in [1.29, 1.82) is 0 Å². The van der Waals surface area contributed by atoms with Gasteiger partial charge in [0, 0.05) is 34.7 Å². The standard InChI is InChI=1S/C27H40N2O5/c1-14(2)22(25(31)34-26(3,4)5)28-17-9-8-16-18-12-15-20(32-7)13-19(30)23-21(15)27(16,24(17)33-23)10-11-29(18)6/h13-14,16-18,22,24,28,30H,8-12H2,1-7H3/t16-,17-,18+,22-,24-,27-/m0/s1. The van der Waals surface area contributed by atoms with Crippen LogP contribution in [0.1, 0.15) is 65.0 Å². The summed E-state index contributed by atoms with van der Waals surface area (Å²) in [6.45, 7) is 10.8. The third-order valence-corrected chi connectivity index (χ3v) is 8.62. The fraction of sp³-hybridized carbons (Fsp3) is 0.741. The first-order valence-corrected chi connectivity index (χ1v) is 12.8. The van der Waals surface area contributed by atoms with Crippen LogP contribution in [0.25, 0.3) is 0 Å². The minimum atomic E-state index is -0.538. The van der Waals surface area contributed by atoms with E-state index in [0.717, 1.165) is 43.5 Å². The summed E-state index contributed by atoms with van der Waals surface area (Å²) < 4.78 is 18.2. The normalized spacial score (nSPS) is 32.7. The molecule has 2 bridgehead atoms. The number of nitrogens with one attached hydrogen (secondary N) is 1. The third-order valence-electron chi connectivity index (χ3n) is 8.62. The van der Waals surface area contributed by atoms with Crippen LogP contribution in [0.5, 0.6) is 17.2 Å². The maximum atomic E-state index is 13.1. The molecule has 1 aromatic carbocycles. The van der Waals surface area contributed by atoms with Crippen molar-refractivity contribution in [2.24, 2.45) is 11.8 Å². The second kappa shape index (κ2) is 8.02. The van der Waals surface area contributed by atoms with Crippen LogP contribution in [0.2, 0.25) is 0 Å². The average Bonchev–Trinajstić information content (AvgIpc) is 3.10. The number of phenols is 1. The predicted octanol–water partition coefficient (Wildman–Crippen LogP) is 3.39. The fourth-order valence-corrected chi connectivity index (χ4v) is 7.27. The Hall–Kier alpha value is -1.99. The lowest BCUT2D eigenvalue weighted by atomic mass is 9.51. The molecule has 4 aliphatic rings. The molecule has 7 heteroatoms. The van der Waals surface area contributed by atoms with Crippen LogP contribution in [-0.2, 0) is 21.4 Å². The molecular formula is C27H40N2O5. The summed E-state index contributed by atoms with van der Waals surface area (Å²) in [6, 6.07) is 1.70. The van der Waals surface area contributed by atoms with Crippen molar-refractivity contribution in [2.45, 2.75) is 95.5 Å². The van der Waals surface area contributed by atoms with Gasteiger partial charge in [0.15, 0.2) is 11.5 Å². The van der Waals surface area contributed by atoms with Gasteiger partial charge >= 0.3 is 5.97 Å². The zero-order valence-corrected chi connectivity index (χ0v) is 21.6. The Bertz CT molecular complexity index is 986. The Labute approximate surface area is 203 Å². The van der Waals surface area contributed by atoms with E-state index in [9.17, 15) is 9.90 Å². The molecular weight excluding hydrogens is 432 g/mol. The number of ether oxygens (including phenoxy) is 3. The highest BCUT2D eigenvalue weighted by Crippen LogP contribution is 2.65. The van der Waals surface area contributed by atoms with Gasteiger partial charge in [0.1, 0.15) is 23.5 Å². The molecule has 1 saturated heterocycles. The van der Waals surface area contributed by atoms with Crippen molar-refractivity contribution in [1.82, 2.24) is 10.2 Å². The molecule has 0 unspecified atom stereocenters. The molecule has 7 nitrogen and oxygen atoms in total. The highest BCUT2D eigenvalue weighted by atomic mass is 16.6. The van der Waals surface area contributed by atoms with E-state index in [1.165, 1.54) is 5.56 Å². The van der Waals surface area contributed by atoms with Crippen LogP contribution in [0.4, 0.5) is 0 Å². The molecule has 0 amide bonds. The molecule has 34 heavy (non-hydrogen) atoms. The number of benzene rings is 1. The molecule has 2 aliphatic carbocycles. The summed E-state index contributed by atoms with van der Waals surface area (Å²) in [4.78, 5) is 15.6. The zero-order valence-electron chi connectivity index (χ0n) is 21.6. The van der Waals surface area contributed by atoms with Gasteiger partial charge in [-0.25, -0.2) is 0 Å². The number of piperidine rings is 1. The van der Waals surface area contributed by atoms with Gasteiger partial charge in [-0.2, -0.15) is 0 Å². The van der Waals surface area contributed by atoms with Crippen molar-refractivity contribution in [3.63, 3.8) is 0 Å². The molecule has 6 atom stereocenters. The average molecular weight is 473 g/mol. The summed E-state index contributed by atoms with van der Waals surface area (Å²) in [5.41, 5.74) is 1.62. The number of nitrogens with zero attached hydrogens (tertiary/aromatic N) is 1. The summed E-state index contributed by atoms with van der Waals surface area (Å²) in [5, 5.41) is 14.6. The van der Waals surface area contributed by atoms with Crippen LogP contribution < -0.4 is 14.8 Å². The Morgan fingerprint density at radius 1 is 1.32 bits per heavy atom. The monoisotopic (exact) mass is 472 g/mol. The highest BCUT2D eigenvalue weighted by molar-refractivity contribution is 5.76. The number of likely N-dealkylation sites (N-methyl/N-ethyl adjacent to an activating group) is 1. The molecule has 2 N–H and O–H groups in total. The Balaban J connectivity index is 1.55. The molecule has 2 aliphatic heterocycles. The van der Waals surface area contributed by atoms with Crippen LogP contribution >= 0.6 is 0 Å². The molecule has 1 aromatic rings. The lowest BCUT2D eigenvalue weighted by molar-refractivity contribution is -0.159. The smallest absolute Gasteiger partial charge is 0.323 e. The van der Waals surface area contributed by atoms with Gasteiger partial charge in [0.2, 0.25) is 0 Å². The van der Waals surface area contributed by atoms with Crippen molar-refractivity contribution < 1.29 is 24.1 Å². The van der Waals surface area contributed by atoms with Gasteiger partial charge in [0.25, 0.3) is 0 Å². The number of rotatable bonds is 5. The van der Waals surface area contributed by atoms with Gasteiger partial charge in [-0.3, -0.25) is 10.1 Å². The number of esters is 1. The van der Waals surface area contributed by atoms with Crippen molar-refractivity contribution in [3.05, 3.63) is 17.2 Å². The predicted molar refractivity (Wildman–Crippen MR) is 130 cm³/mol. The van der Waals surface area contributed by atoms with Gasteiger partial charge < -0.3 is 24.2 Å². The maximum Gasteiger partial charge on any atom is 0.323 e.